The summed E-state index contributed by atoms with van der Waals surface area (Å²) in [6, 6.07) is 9.50. The van der Waals surface area contributed by atoms with Crippen molar-refractivity contribution in [1.82, 2.24) is 10.2 Å². The molecule has 1 aliphatic carbocycles. The topological polar surface area (TPSA) is 15.3 Å². The van der Waals surface area contributed by atoms with E-state index in [1.165, 1.54) is 44.2 Å². The smallest absolute Gasteiger partial charge is 0.0406 e. The third-order valence-electron chi connectivity index (χ3n) is 5.55. The van der Waals surface area contributed by atoms with Crippen molar-refractivity contribution >= 4 is 11.6 Å². The Morgan fingerprint density at radius 1 is 1.29 bits per heavy atom. The normalized spacial score (nSPS) is 27.1. The predicted molar refractivity (Wildman–Crippen MR) is 89.9 cm³/mol. The lowest BCUT2D eigenvalue weighted by Crippen LogP contribution is -2.63. The van der Waals surface area contributed by atoms with Crippen molar-refractivity contribution in [2.45, 2.75) is 63.6 Å². The highest BCUT2D eigenvalue weighted by molar-refractivity contribution is 6.30. The maximum atomic E-state index is 6.03. The molecule has 3 rings (SSSR count). The minimum atomic E-state index is 0.381. The Kier molecular flexibility index (Phi) is 4.58. The molecule has 116 valence electrons. The summed E-state index contributed by atoms with van der Waals surface area (Å²) in [6.07, 6.45) is 6.65. The molecule has 0 bridgehead atoms. The molecule has 2 atom stereocenters. The molecule has 0 radical (unpaired) electrons. The molecule has 2 fully saturated rings. The molecule has 1 aromatic rings. The van der Waals surface area contributed by atoms with Crippen molar-refractivity contribution in [3.63, 3.8) is 0 Å². The molecule has 2 unspecified atom stereocenters. The Balaban J connectivity index is 1.80. The summed E-state index contributed by atoms with van der Waals surface area (Å²) in [4.78, 5) is 2.73. The van der Waals surface area contributed by atoms with Gasteiger partial charge in [-0.2, -0.15) is 0 Å². The largest absolute Gasteiger partial charge is 0.308 e. The molecule has 0 aromatic heterocycles. The fourth-order valence-corrected chi connectivity index (χ4v) is 4.26. The van der Waals surface area contributed by atoms with Gasteiger partial charge in [-0.05, 0) is 43.9 Å². The number of rotatable bonds is 3. The van der Waals surface area contributed by atoms with E-state index in [0.29, 0.717) is 17.6 Å². The van der Waals surface area contributed by atoms with Crippen LogP contribution in [0.25, 0.3) is 0 Å². The second kappa shape index (κ2) is 6.28. The van der Waals surface area contributed by atoms with Crippen LogP contribution >= 0.6 is 11.6 Å². The standard InChI is InChI=1S/C18H27ClN2/c1-3-17-12-20-18(10-4-5-11-18)13-21(17)14(2)15-6-8-16(19)9-7-15/h6-9,14,17,20H,3-5,10-13H2,1-2H3. The zero-order valence-corrected chi connectivity index (χ0v) is 14.0. The van der Waals surface area contributed by atoms with Crippen LogP contribution in [0.3, 0.4) is 0 Å². The van der Waals surface area contributed by atoms with Crippen molar-refractivity contribution in [3.8, 4) is 0 Å². The van der Waals surface area contributed by atoms with Gasteiger partial charge >= 0.3 is 0 Å². The summed E-state index contributed by atoms with van der Waals surface area (Å²) in [6.45, 7) is 6.98. The van der Waals surface area contributed by atoms with Crippen LogP contribution < -0.4 is 5.32 Å². The van der Waals surface area contributed by atoms with E-state index in [2.05, 4.69) is 36.2 Å². The van der Waals surface area contributed by atoms with Crippen LogP contribution in [-0.4, -0.2) is 29.6 Å². The Morgan fingerprint density at radius 3 is 2.57 bits per heavy atom. The van der Waals surface area contributed by atoms with Crippen LogP contribution in [0.15, 0.2) is 24.3 Å². The Hall–Kier alpha value is -0.570. The molecule has 2 aliphatic rings. The van der Waals surface area contributed by atoms with E-state index in [1.54, 1.807) is 0 Å². The third kappa shape index (κ3) is 3.13. The molecule has 21 heavy (non-hydrogen) atoms. The molecular weight excluding hydrogens is 280 g/mol. The van der Waals surface area contributed by atoms with E-state index in [0.717, 1.165) is 11.6 Å². The number of nitrogens with zero attached hydrogens (tertiary/aromatic N) is 1. The van der Waals surface area contributed by atoms with E-state index >= 15 is 0 Å². The van der Waals surface area contributed by atoms with Gasteiger partial charge in [-0.1, -0.05) is 43.5 Å². The van der Waals surface area contributed by atoms with Gasteiger partial charge in [0.15, 0.2) is 0 Å². The van der Waals surface area contributed by atoms with Crippen molar-refractivity contribution in [3.05, 3.63) is 34.9 Å². The first-order valence-electron chi connectivity index (χ1n) is 8.40. The van der Waals surface area contributed by atoms with Crippen molar-refractivity contribution in [2.24, 2.45) is 0 Å². The summed E-state index contributed by atoms with van der Waals surface area (Å²) in [7, 11) is 0. The van der Waals surface area contributed by atoms with Gasteiger partial charge in [0.1, 0.15) is 0 Å². The van der Waals surface area contributed by atoms with Gasteiger partial charge in [0.05, 0.1) is 0 Å². The van der Waals surface area contributed by atoms with Crippen LogP contribution in [-0.2, 0) is 0 Å². The second-order valence-electron chi connectivity index (χ2n) is 6.83. The van der Waals surface area contributed by atoms with Crippen LogP contribution in [0.2, 0.25) is 5.02 Å². The zero-order chi connectivity index (χ0) is 14.9. The molecule has 1 saturated carbocycles. The van der Waals surface area contributed by atoms with E-state index in [4.69, 9.17) is 11.6 Å². The molecule has 1 N–H and O–H groups in total. The molecule has 0 amide bonds. The number of halogens is 1. The first-order chi connectivity index (χ1) is 10.1. The fourth-order valence-electron chi connectivity index (χ4n) is 4.14. The van der Waals surface area contributed by atoms with Gasteiger partial charge in [-0.15, -0.1) is 0 Å². The summed E-state index contributed by atoms with van der Waals surface area (Å²) in [5.74, 6) is 0. The number of piperazine rings is 1. The quantitative estimate of drug-likeness (QED) is 0.890. The Labute approximate surface area is 133 Å². The van der Waals surface area contributed by atoms with Crippen molar-refractivity contribution in [2.75, 3.05) is 13.1 Å². The van der Waals surface area contributed by atoms with Crippen LogP contribution in [0.4, 0.5) is 0 Å². The van der Waals surface area contributed by atoms with Gasteiger partial charge in [-0.3, -0.25) is 4.90 Å². The van der Waals surface area contributed by atoms with Gasteiger partial charge in [0, 0.05) is 35.7 Å². The van der Waals surface area contributed by atoms with E-state index in [1.807, 2.05) is 12.1 Å². The predicted octanol–water partition coefficient (Wildman–Crippen LogP) is 4.40. The van der Waals surface area contributed by atoms with Crippen molar-refractivity contribution < 1.29 is 0 Å². The molecule has 2 nitrogen and oxygen atoms in total. The van der Waals surface area contributed by atoms with Crippen LogP contribution in [0, 0.1) is 0 Å². The average molecular weight is 307 g/mol. The minimum absolute atomic E-state index is 0.381. The summed E-state index contributed by atoms with van der Waals surface area (Å²) < 4.78 is 0. The van der Waals surface area contributed by atoms with Gasteiger partial charge in [-0.25, -0.2) is 0 Å². The molecule has 1 spiro atoms. The highest BCUT2D eigenvalue weighted by Gasteiger charge is 2.42. The fraction of sp³-hybridized carbons (Fsp3) is 0.667. The molecule has 1 heterocycles. The maximum Gasteiger partial charge on any atom is 0.0406 e. The number of hydrogen-bond donors (Lipinski definition) is 1. The lowest BCUT2D eigenvalue weighted by atomic mass is 9.89. The SMILES string of the molecule is CCC1CNC2(CCCC2)CN1C(C)c1ccc(Cl)cc1. The lowest BCUT2D eigenvalue weighted by molar-refractivity contribution is 0.0462. The zero-order valence-electron chi connectivity index (χ0n) is 13.2. The molecule has 1 saturated heterocycles. The van der Waals surface area contributed by atoms with Crippen LogP contribution in [0.5, 0.6) is 0 Å². The summed E-state index contributed by atoms with van der Waals surface area (Å²) >= 11 is 6.03. The van der Waals surface area contributed by atoms with E-state index in [9.17, 15) is 0 Å². The Morgan fingerprint density at radius 2 is 1.95 bits per heavy atom. The lowest BCUT2D eigenvalue weighted by Gasteiger charge is -2.49. The highest BCUT2D eigenvalue weighted by atomic mass is 35.5. The number of hydrogen-bond acceptors (Lipinski definition) is 2. The molecular formula is C18H27ClN2. The Bertz CT molecular complexity index is 465. The highest BCUT2D eigenvalue weighted by Crippen LogP contribution is 2.37. The first kappa shape index (κ1) is 15.3. The molecule has 1 aliphatic heterocycles. The van der Waals surface area contributed by atoms with E-state index in [-0.39, 0.29) is 0 Å². The summed E-state index contributed by atoms with van der Waals surface area (Å²) in [5, 5.41) is 4.70. The average Bonchev–Trinajstić information content (AvgIpc) is 2.95. The first-order valence-corrected chi connectivity index (χ1v) is 8.77. The van der Waals surface area contributed by atoms with Crippen LogP contribution in [0.1, 0.15) is 57.6 Å². The number of nitrogens with one attached hydrogen (secondary N) is 1. The van der Waals surface area contributed by atoms with Gasteiger partial charge in [0.25, 0.3) is 0 Å². The van der Waals surface area contributed by atoms with E-state index < -0.39 is 0 Å². The van der Waals surface area contributed by atoms with Crippen molar-refractivity contribution in [1.29, 1.82) is 0 Å². The van der Waals surface area contributed by atoms with Gasteiger partial charge < -0.3 is 5.32 Å². The molecule has 3 heteroatoms. The third-order valence-corrected chi connectivity index (χ3v) is 5.80. The second-order valence-corrected chi connectivity index (χ2v) is 7.27. The molecule has 1 aromatic carbocycles. The van der Waals surface area contributed by atoms with Gasteiger partial charge in [0.2, 0.25) is 0 Å². The maximum absolute atomic E-state index is 6.03. The minimum Gasteiger partial charge on any atom is -0.308 e. The summed E-state index contributed by atoms with van der Waals surface area (Å²) in [5.41, 5.74) is 1.76. The monoisotopic (exact) mass is 306 g/mol. The number of benzene rings is 1.